The van der Waals surface area contributed by atoms with Gasteiger partial charge in [-0.3, -0.25) is 4.79 Å². The Morgan fingerprint density at radius 1 is 1.30 bits per heavy atom. The molecule has 4 nitrogen and oxygen atoms in total. The van der Waals surface area contributed by atoms with Gasteiger partial charge in [0.2, 0.25) is 0 Å². The highest BCUT2D eigenvalue weighted by Gasteiger charge is 2.18. The molecule has 3 N–H and O–H groups in total. The first-order valence-corrected chi connectivity index (χ1v) is 7.53. The fraction of sp³-hybridized carbons (Fsp3) is 0.562. The van der Waals surface area contributed by atoms with Gasteiger partial charge < -0.3 is 16.0 Å². The molecule has 1 aromatic rings. The van der Waals surface area contributed by atoms with E-state index in [9.17, 15) is 4.79 Å². The van der Waals surface area contributed by atoms with Crippen molar-refractivity contribution in [2.75, 3.05) is 23.7 Å². The highest BCUT2D eigenvalue weighted by Crippen LogP contribution is 2.28. The molecule has 0 aromatic heterocycles. The molecule has 0 saturated carbocycles. The van der Waals surface area contributed by atoms with Gasteiger partial charge in [0, 0.05) is 19.1 Å². The standard InChI is InChI=1S/C16H25N3O/c1-4-11(2)10-12(3)19-16(20)13-6-5-7-14-15(13)18-9-8-17-14/h5-7,11-12,17-18H,4,8-10H2,1-3H3,(H,19,20). The van der Waals surface area contributed by atoms with Gasteiger partial charge in [-0.2, -0.15) is 0 Å². The van der Waals surface area contributed by atoms with Crippen LogP contribution in [0.5, 0.6) is 0 Å². The van der Waals surface area contributed by atoms with Gasteiger partial charge in [-0.15, -0.1) is 0 Å². The van der Waals surface area contributed by atoms with Gasteiger partial charge in [0.05, 0.1) is 16.9 Å². The molecule has 20 heavy (non-hydrogen) atoms. The maximum atomic E-state index is 12.4. The van der Waals surface area contributed by atoms with Crippen LogP contribution in [0.3, 0.4) is 0 Å². The number of para-hydroxylation sites is 1. The summed E-state index contributed by atoms with van der Waals surface area (Å²) in [4.78, 5) is 12.4. The Morgan fingerprint density at radius 3 is 2.80 bits per heavy atom. The molecule has 1 heterocycles. The Balaban J connectivity index is 2.06. The Hall–Kier alpha value is -1.71. The van der Waals surface area contributed by atoms with Crippen LogP contribution in [0.2, 0.25) is 0 Å². The second-order valence-corrected chi connectivity index (χ2v) is 5.71. The van der Waals surface area contributed by atoms with Crippen molar-refractivity contribution in [1.82, 2.24) is 5.32 Å². The predicted molar refractivity (Wildman–Crippen MR) is 84.4 cm³/mol. The van der Waals surface area contributed by atoms with Crippen LogP contribution in [0.4, 0.5) is 11.4 Å². The zero-order valence-corrected chi connectivity index (χ0v) is 12.6. The number of nitrogens with one attached hydrogen (secondary N) is 3. The first-order chi connectivity index (χ1) is 9.61. The summed E-state index contributed by atoms with van der Waals surface area (Å²) in [5, 5.41) is 9.73. The minimum atomic E-state index is 0.00820. The summed E-state index contributed by atoms with van der Waals surface area (Å²) in [5.41, 5.74) is 2.66. The third-order valence-electron chi connectivity index (χ3n) is 3.88. The summed E-state index contributed by atoms with van der Waals surface area (Å²) in [7, 11) is 0. The second-order valence-electron chi connectivity index (χ2n) is 5.71. The number of benzene rings is 1. The molecule has 0 bridgehead atoms. The summed E-state index contributed by atoms with van der Waals surface area (Å²) in [6.07, 6.45) is 2.16. The first-order valence-electron chi connectivity index (χ1n) is 7.53. The zero-order chi connectivity index (χ0) is 14.5. The maximum absolute atomic E-state index is 12.4. The van der Waals surface area contributed by atoms with E-state index in [1.54, 1.807) is 0 Å². The summed E-state index contributed by atoms with van der Waals surface area (Å²) < 4.78 is 0. The predicted octanol–water partition coefficient (Wildman–Crippen LogP) is 3.08. The van der Waals surface area contributed by atoms with Crippen LogP contribution in [0, 0.1) is 5.92 Å². The Bertz CT molecular complexity index is 473. The molecular weight excluding hydrogens is 250 g/mol. The van der Waals surface area contributed by atoms with Crippen molar-refractivity contribution >= 4 is 17.3 Å². The van der Waals surface area contributed by atoms with E-state index in [2.05, 4.69) is 36.7 Å². The molecule has 0 saturated heterocycles. The van der Waals surface area contributed by atoms with Crippen LogP contribution in [0.15, 0.2) is 18.2 Å². The lowest BCUT2D eigenvalue weighted by atomic mass is 10.00. The van der Waals surface area contributed by atoms with Crippen LogP contribution < -0.4 is 16.0 Å². The quantitative estimate of drug-likeness (QED) is 0.774. The molecule has 0 radical (unpaired) electrons. The van der Waals surface area contributed by atoms with E-state index in [1.165, 1.54) is 0 Å². The van der Waals surface area contributed by atoms with E-state index in [4.69, 9.17) is 0 Å². The van der Waals surface area contributed by atoms with E-state index >= 15 is 0 Å². The number of fused-ring (bicyclic) bond motifs is 1. The molecule has 1 aromatic carbocycles. The zero-order valence-electron chi connectivity index (χ0n) is 12.6. The lowest BCUT2D eigenvalue weighted by molar-refractivity contribution is 0.0936. The van der Waals surface area contributed by atoms with Gasteiger partial charge in [0.25, 0.3) is 5.91 Å². The van der Waals surface area contributed by atoms with E-state index in [1.807, 2.05) is 18.2 Å². The highest BCUT2D eigenvalue weighted by molar-refractivity contribution is 6.02. The van der Waals surface area contributed by atoms with Gasteiger partial charge in [-0.05, 0) is 31.4 Å². The van der Waals surface area contributed by atoms with Gasteiger partial charge in [-0.25, -0.2) is 0 Å². The molecule has 2 atom stereocenters. The van der Waals surface area contributed by atoms with Crippen molar-refractivity contribution in [3.8, 4) is 0 Å². The number of carbonyl (C=O) groups excluding carboxylic acids is 1. The summed E-state index contributed by atoms with van der Waals surface area (Å²) >= 11 is 0. The van der Waals surface area contributed by atoms with Crippen molar-refractivity contribution in [1.29, 1.82) is 0 Å². The molecule has 0 spiro atoms. The number of carbonyl (C=O) groups is 1. The molecule has 1 amide bonds. The molecule has 1 aliphatic heterocycles. The molecule has 2 rings (SSSR count). The van der Waals surface area contributed by atoms with Crippen LogP contribution in [-0.4, -0.2) is 25.0 Å². The maximum Gasteiger partial charge on any atom is 0.253 e. The number of amides is 1. The Labute approximate surface area is 121 Å². The van der Waals surface area contributed by atoms with Gasteiger partial charge in [0.15, 0.2) is 0 Å². The molecule has 0 aliphatic carbocycles. The average molecular weight is 275 g/mol. The number of anilines is 2. The third-order valence-corrected chi connectivity index (χ3v) is 3.88. The van der Waals surface area contributed by atoms with Gasteiger partial charge >= 0.3 is 0 Å². The Morgan fingerprint density at radius 2 is 2.05 bits per heavy atom. The van der Waals surface area contributed by atoms with Crippen LogP contribution in [-0.2, 0) is 0 Å². The molecule has 0 fully saturated rings. The summed E-state index contributed by atoms with van der Waals surface area (Å²) in [6, 6.07) is 6.00. The van der Waals surface area contributed by atoms with Crippen LogP contribution >= 0.6 is 0 Å². The minimum absolute atomic E-state index is 0.00820. The van der Waals surface area contributed by atoms with Crippen LogP contribution in [0.1, 0.15) is 44.0 Å². The molecule has 4 heteroatoms. The normalized spacial score (nSPS) is 16.4. The highest BCUT2D eigenvalue weighted by atomic mass is 16.1. The van der Waals surface area contributed by atoms with Crippen molar-refractivity contribution in [2.24, 2.45) is 5.92 Å². The third kappa shape index (κ3) is 3.44. The van der Waals surface area contributed by atoms with Crippen LogP contribution in [0.25, 0.3) is 0 Å². The average Bonchev–Trinajstić information content (AvgIpc) is 2.46. The fourth-order valence-corrected chi connectivity index (χ4v) is 2.59. The van der Waals surface area contributed by atoms with Gasteiger partial charge in [0.1, 0.15) is 0 Å². The minimum Gasteiger partial charge on any atom is -0.382 e. The fourth-order valence-electron chi connectivity index (χ4n) is 2.59. The van der Waals surface area contributed by atoms with Crippen molar-refractivity contribution in [3.05, 3.63) is 23.8 Å². The molecule has 1 aliphatic rings. The monoisotopic (exact) mass is 275 g/mol. The topological polar surface area (TPSA) is 53.2 Å². The van der Waals surface area contributed by atoms with E-state index in [-0.39, 0.29) is 11.9 Å². The van der Waals surface area contributed by atoms with Crippen molar-refractivity contribution in [2.45, 2.75) is 39.7 Å². The van der Waals surface area contributed by atoms with E-state index < -0.39 is 0 Å². The summed E-state index contributed by atoms with van der Waals surface area (Å²) in [6.45, 7) is 8.22. The molecule has 110 valence electrons. The second kappa shape index (κ2) is 6.64. The number of rotatable bonds is 5. The van der Waals surface area contributed by atoms with Gasteiger partial charge in [-0.1, -0.05) is 26.3 Å². The molecule has 2 unspecified atom stereocenters. The largest absolute Gasteiger partial charge is 0.382 e. The van der Waals surface area contributed by atoms with E-state index in [0.717, 1.165) is 42.9 Å². The lowest BCUT2D eigenvalue weighted by Crippen LogP contribution is -2.35. The Kier molecular flexibility index (Phi) is 4.88. The first kappa shape index (κ1) is 14.7. The SMILES string of the molecule is CCC(C)CC(C)NC(=O)c1cccc2c1NCCN2. The lowest BCUT2D eigenvalue weighted by Gasteiger charge is -2.23. The molecular formula is C16H25N3O. The number of hydrogen-bond acceptors (Lipinski definition) is 3. The summed E-state index contributed by atoms with van der Waals surface area (Å²) in [5.74, 6) is 0.642. The van der Waals surface area contributed by atoms with Crippen molar-refractivity contribution < 1.29 is 4.79 Å². The van der Waals surface area contributed by atoms with Crippen molar-refractivity contribution in [3.63, 3.8) is 0 Å². The smallest absolute Gasteiger partial charge is 0.253 e. The number of hydrogen-bond donors (Lipinski definition) is 3. The van der Waals surface area contributed by atoms with E-state index in [0.29, 0.717) is 5.92 Å².